The van der Waals surface area contributed by atoms with Gasteiger partial charge in [0.15, 0.2) is 11.5 Å². The van der Waals surface area contributed by atoms with Crippen molar-refractivity contribution in [3.05, 3.63) is 83.6 Å². The minimum Gasteiger partial charge on any atom is -0.493 e. The normalized spacial score (nSPS) is 10.5. The fraction of sp³-hybridized carbons (Fsp3) is 0.261. The molecule has 3 aromatic rings. The summed E-state index contributed by atoms with van der Waals surface area (Å²) in [5.41, 5.74) is 3.40. The van der Waals surface area contributed by atoms with Gasteiger partial charge in [0, 0.05) is 30.9 Å². The summed E-state index contributed by atoms with van der Waals surface area (Å²) in [6.07, 6.45) is 1.72. The van der Waals surface area contributed by atoms with Gasteiger partial charge in [-0.3, -0.25) is 0 Å². The molecule has 2 aromatic carbocycles. The lowest BCUT2D eigenvalue weighted by Crippen LogP contribution is -2.21. The van der Waals surface area contributed by atoms with Crippen LogP contribution in [0.15, 0.2) is 66.9 Å². The van der Waals surface area contributed by atoms with Crippen molar-refractivity contribution in [2.24, 2.45) is 0 Å². The molecule has 0 amide bonds. The van der Waals surface area contributed by atoms with Gasteiger partial charge >= 0.3 is 0 Å². The van der Waals surface area contributed by atoms with E-state index in [9.17, 15) is 0 Å². The van der Waals surface area contributed by atoms with E-state index in [0.29, 0.717) is 32.2 Å². The summed E-state index contributed by atoms with van der Waals surface area (Å²) < 4.78 is 17.2. The summed E-state index contributed by atoms with van der Waals surface area (Å²) in [5, 5.41) is 3.38. The molecule has 0 aliphatic heterocycles. The molecule has 0 aliphatic carbocycles. The zero-order valence-electron chi connectivity index (χ0n) is 16.4. The Hall–Kier alpha value is -3.05. The van der Waals surface area contributed by atoms with E-state index in [2.05, 4.69) is 35.4 Å². The van der Waals surface area contributed by atoms with E-state index in [1.54, 1.807) is 13.3 Å². The zero-order chi connectivity index (χ0) is 19.6. The molecule has 0 atom stereocenters. The first kappa shape index (κ1) is 19.7. The molecule has 0 fully saturated rings. The van der Waals surface area contributed by atoms with Crippen molar-refractivity contribution < 1.29 is 14.2 Å². The minimum atomic E-state index is 0.498. The second kappa shape index (κ2) is 10.3. The molecular formula is C23H26N2O3. The van der Waals surface area contributed by atoms with Crippen LogP contribution in [0.2, 0.25) is 0 Å². The third-order valence-corrected chi connectivity index (χ3v) is 4.23. The molecule has 5 heteroatoms. The summed E-state index contributed by atoms with van der Waals surface area (Å²) >= 11 is 0. The van der Waals surface area contributed by atoms with Crippen LogP contribution < -0.4 is 19.5 Å². The summed E-state index contributed by atoms with van der Waals surface area (Å²) in [4.78, 5) is 4.14. The maximum atomic E-state index is 6.12. The van der Waals surface area contributed by atoms with Gasteiger partial charge in [0.05, 0.1) is 7.11 Å². The Morgan fingerprint density at radius 1 is 0.964 bits per heavy atom. The van der Waals surface area contributed by atoms with E-state index in [1.807, 2.05) is 42.5 Å². The van der Waals surface area contributed by atoms with Crippen molar-refractivity contribution in [2.45, 2.75) is 20.1 Å². The molecular weight excluding hydrogens is 352 g/mol. The van der Waals surface area contributed by atoms with Gasteiger partial charge in [-0.2, -0.15) is 0 Å². The van der Waals surface area contributed by atoms with Crippen LogP contribution >= 0.6 is 0 Å². The maximum Gasteiger partial charge on any atom is 0.213 e. The lowest BCUT2D eigenvalue weighted by atomic mass is 10.1. The number of para-hydroxylation sites is 1. The number of ether oxygens (including phenoxy) is 3. The van der Waals surface area contributed by atoms with Crippen LogP contribution in [0.4, 0.5) is 0 Å². The van der Waals surface area contributed by atoms with Crippen LogP contribution in [0.1, 0.15) is 16.7 Å². The average molecular weight is 378 g/mol. The van der Waals surface area contributed by atoms with Crippen molar-refractivity contribution in [3.8, 4) is 17.4 Å². The van der Waals surface area contributed by atoms with Crippen molar-refractivity contribution in [2.75, 3.05) is 20.3 Å². The van der Waals surface area contributed by atoms with E-state index in [1.165, 1.54) is 5.56 Å². The Morgan fingerprint density at radius 3 is 2.64 bits per heavy atom. The summed E-state index contributed by atoms with van der Waals surface area (Å²) in [7, 11) is 1.66. The van der Waals surface area contributed by atoms with E-state index in [4.69, 9.17) is 14.2 Å². The van der Waals surface area contributed by atoms with Gasteiger partial charge in [-0.25, -0.2) is 4.98 Å². The Kier molecular flexibility index (Phi) is 7.27. The number of benzene rings is 2. The molecule has 0 saturated heterocycles. The van der Waals surface area contributed by atoms with Gasteiger partial charge in [-0.15, -0.1) is 0 Å². The number of nitrogens with zero attached hydrogens (tertiary/aromatic N) is 1. The Bertz CT molecular complexity index is 869. The van der Waals surface area contributed by atoms with E-state index >= 15 is 0 Å². The molecule has 0 aliphatic rings. The Labute approximate surface area is 166 Å². The Balaban J connectivity index is 1.56. The lowest BCUT2D eigenvalue weighted by Gasteiger charge is -2.16. The lowest BCUT2D eigenvalue weighted by molar-refractivity contribution is 0.278. The van der Waals surface area contributed by atoms with Crippen molar-refractivity contribution in [1.82, 2.24) is 10.3 Å². The third kappa shape index (κ3) is 5.72. The molecule has 5 nitrogen and oxygen atoms in total. The zero-order valence-corrected chi connectivity index (χ0v) is 16.4. The SMILES string of the molecule is COc1cccc(CNCCOc2ccccn2)c1OCc1cccc(C)c1. The highest BCUT2D eigenvalue weighted by molar-refractivity contribution is 5.46. The largest absolute Gasteiger partial charge is 0.493 e. The second-order valence-corrected chi connectivity index (χ2v) is 6.42. The molecule has 0 unspecified atom stereocenters. The molecule has 1 N–H and O–H groups in total. The van der Waals surface area contributed by atoms with Gasteiger partial charge < -0.3 is 19.5 Å². The quantitative estimate of drug-likeness (QED) is 0.537. The van der Waals surface area contributed by atoms with E-state index in [-0.39, 0.29) is 0 Å². The van der Waals surface area contributed by atoms with Gasteiger partial charge in [-0.05, 0) is 24.6 Å². The number of nitrogens with one attached hydrogen (secondary N) is 1. The molecule has 0 spiro atoms. The number of hydrogen-bond acceptors (Lipinski definition) is 5. The highest BCUT2D eigenvalue weighted by Gasteiger charge is 2.11. The highest BCUT2D eigenvalue weighted by atomic mass is 16.5. The number of rotatable bonds is 10. The monoisotopic (exact) mass is 378 g/mol. The van der Waals surface area contributed by atoms with Crippen LogP contribution in [0.3, 0.4) is 0 Å². The molecule has 1 heterocycles. The van der Waals surface area contributed by atoms with Gasteiger partial charge in [-0.1, -0.05) is 48.0 Å². The van der Waals surface area contributed by atoms with Crippen LogP contribution in [-0.2, 0) is 13.2 Å². The van der Waals surface area contributed by atoms with Crippen LogP contribution in [0.25, 0.3) is 0 Å². The molecule has 0 bridgehead atoms. The average Bonchev–Trinajstić information content (AvgIpc) is 2.73. The van der Waals surface area contributed by atoms with E-state index in [0.717, 1.165) is 22.6 Å². The number of aryl methyl sites for hydroxylation is 1. The van der Waals surface area contributed by atoms with Crippen LogP contribution in [-0.4, -0.2) is 25.2 Å². The fourth-order valence-electron chi connectivity index (χ4n) is 2.87. The van der Waals surface area contributed by atoms with Gasteiger partial charge in [0.25, 0.3) is 0 Å². The highest BCUT2D eigenvalue weighted by Crippen LogP contribution is 2.31. The first-order valence-corrected chi connectivity index (χ1v) is 9.35. The number of methoxy groups -OCH3 is 1. The summed E-state index contributed by atoms with van der Waals surface area (Å²) in [6.45, 7) is 4.48. The molecule has 0 radical (unpaired) electrons. The van der Waals surface area contributed by atoms with Crippen molar-refractivity contribution >= 4 is 0 Å². The fourth-order valence-corrected chi connectivity index (χ4v) is 2.87. The smallest absolute Gasteiger partial charge is 0.213 e. The third-order valence-electron chi connectivity index (χ3n) is 4.23. The number of hydrogen-bond donors (Lipinski definition) is 1. The predicted octanol–water partition coefficient (Wildman–Crippen LogP) is 4.15. The molecule has 28 heavy (non-hydrogen) atoms. The first-order chi connectivity index (χ1) is 13.8. The topological polar surface area (TPSA) is 52.6 Å². The first-order valence-electron chi connectivity index (χ1n) is 9.35. The molecule has 0 saturated carbocycles. The molecule has 3 rings (SSSR count). The van der Waals surface area contributed by atoms with Crippen molar-refractivity contribution in [1.29, 1.82) is 0 Å². The van der Waals surface area contributed by atoms with Crippen molar-refractivity contribution in [3.63, 3.8) is 0 Å². The summed E-state index contributed by atoms with van der Waals surface area (Å²) in [6, 6.07) is 19.9. The standard InChI is InChI=1S/C23H26N2O3/c1-18-7-5-8-19(15-18)17-28-23-20(9-6-10-21(23)26-2)16-24-13-14-27-22-11-3-4-12-25-22/h3-12,15,24H,13-14,16-17H2,1-2H3. The van der Waals surface area contributed by atoms with Gasteiger partial charge in [0.1, 0.15) is 13.2 Å². The summed E-state index contributed by atoms with van der Waals surface area (Å²) in [5.74, 6) is 2.13. The molecule has 146 valence electrons. The van der Waals surface area contributed by atoms with E-state index < -0.39 is 0 Å². The number of pyridine rings is 1. The predicted molar refractivity (Wildman–Crippen MR) is 110 cm³/mol. The minimum absolute atomic E-state index is 0.498. The number of aromatic nitrogens is 1. The van der Waals surface area contributed by atoms with Gasteiger partial charge in [0.2, 0.25) is 5.88 Å². The second-order valence-electron chi connectivity index (χ2n) is 6.42. The molecule has 1 aromatic heterocycles. The van der Waals surface area contributed by atoms with Crippen LogP contribution in [0, 0.1) is 6.92 Å². The maximum absolute atomic E-state index is 6.12. The van der Waals surface area contributed by atoms with Crippen LogP contribution in [0.5, 0.6) is 17.4 Å². The Morgan fingerprint density at radius 2 is 1.86 bits per heavy atom.